The van der Waals surface area contributed by atoms with Crippen molar-refractivity contribution < 1.29 is 5.11 Å². The molecule has 0 aliphatic rings. The number of rotatable bonds is 2. The summed E-state index contributed by atoms with van der Waals surface area (Å²) in [6.07, 6.45) is 4.59. The molecule has 0 saturated heterocycles. The first-order valence-corrected chi connectivity index (χ1v) is 6.28. The van der Waals surface area contributed by atoms with Crippen LogP contribution in [-0.4, -0.2) is 15.1 Å². The quantitative estimate of drug-likeness (QED) is 0.690. The number of H-pyrrole nitrogens is 1. The first-order valence-electron chi connectivity index (χ1n) is 5.70. The standard InChI is InChI=1S/C14H13N2OP/c17-14(9-2-1-5-15-7-9)12-8-16-13-4-3-10(18)6-11(12)13/h1-8,14,16-17H,18H2. The topological polar surface area (TPSA) is 48.9 Å². The van der Waals surface area contributed by atoms with Gasteiger partial charge in [0, 0.05) is 40.6 Å². The van der Waals surface area contributed by atoms with E-state index in [0.29, 0.717) is 0 Å². The highest BCUT2D eigenvalue weighted by atomic mass is 31.0. The van der Waals surface area contributed by atoms with E-state index in [-0.39, 0.29) is 0 Å². The highest BCUT2D eigenvalue weighted by Gasteiger charge is 2.15. The first-order chi connectivity index (χ1) is 8.75. The van der Waals surface area contributed by atoms with Gasteiger partial charge in [-0.25, -0.2) is 0 Å². The van der Waals surface area contributed by atoms with Crippen molar-refractivity contribution >= 4 is 25.4 Å². The molecule has 3 nitrogen and oxygen atoms in total. The summed E-state index contributed by atoms with van der Waals surface area (Å²) in [5.41, 5.74) is 2.70. The maximum absolute atomic E-state index is 10.4. The van der Waals surface area contributed by atoms with Crippen molar-refractivity contribution in [3.05, 3.63) is 60.0 Å². The predicted octanol–water partition coefficient (Wildman–Crippen LogP) is 2.15. The molecule has 18 heavy (non-hydrogen) atoms. The number of fused-ring (bicyclic) bond motifs is 1. The maximum atomic E-state index is 10.4. The number of aliphatic hydroxyl groups excluding tert-OH is 1. The molecule has 3 aromatic rings. The van der Waals surface area contributed by atoms with Crippen LogP contribution in [0.25, 0.3) is 10.9 Å². The second-order valence-electron chi connectivity index (χ2n) is 4.24. The van der Waals surface area contributed by atoms with Gasteiger partial charge in [0.05, 0.1) is 0 Å². The van der Waals surface area contributed by atoms with Crippen LogP contribution in [0.5, 0.6) is 0 Å². The molecule has 3 rings (SSSR count). The Morgan fingerprint density at radius 2 is 2.17 bits per heavy atom. The molecule has 0 fully saturated rings. The molecule has 0 saturated carbocycles. The molecule has 0 bridgehead atoms. The van der Waals surface area contributed by atoms with Crippen LogP contribution in [0.2, 0.25) is 0 Å². The van der Waals surface area contributed by atoms with Crippen LogP contribution in [0, 0.1) is 0 Å². The fourth-order valence-corrected chi connectivity index (χ4v) is 2.37. The van der Waals surface area contributed by atoms with Crippen LogP contribution < -0.4 is 5.30 Å². The summed E-state index contributed by atoms with van der Waals surface area (Å²) in [6, 6.07) is 9.78. The number of nitrogens with one attached hydrogen (secondary N) is 1. The molecule has 4 heteroatoms. The van der Waals surface area contributed by atoms with Crippen LogP contribution in [-0.2, 0) is 0 Å². The molecule has 90 valence electrons. The van der Waals surface area contributed by atoms with Crippen molar-refractivity contribution in [2.75, 3.05) is 0 Å². The van der Waals surface area contributed by atoms with Gasteiger partial charge in [-0.2, -0.15) is 0 Å². The molecule has 2 N–H and O–H groups in total. The van der Waals surface area contributed by atoms with Gasteiger partial charge in [0.2, 0.25) is 0 Å². The van der Waals surface area contributed by atoms with Crippen LogP contribution in [0.15, 0.2) is 48.9 Å². The highest BCUT2D eigenvalue weighted by molar-refractivity contribution is 7.27. The van der Waals surface area contributed by atoms with Crippen LogP contribution in [0.1, 0.15) is 17.2 Å². The Labute approximate surface area is 107 Å². The smallest absolute Gasteiger partial charge is 0.108 e. The first kappa shape index (κ1) is 11.4. The summed E-state index contributed by atoms with van der Waals surface area (Å²) in [6.45, 7) is 0. The summed E-state index contributed by atoms with van der Waals surface area (Å²) in [7, 11) is 2.67. The fraction of sp³-hybridized carbons (Fsp3) is 0.0714. The van der Waals surface area contributed by atoms with Crippen LogP contribution in [0.4, 0.5) is 0 Å². The molecule has 1 aromatic carbocycles. The Bertz CT molecular complexity index is 679. The molecule has 0 amide bonds. The lowest BCUT2D eigenvalue weighted by molar-refractivity contribution is 0.221. The predicted molar refractivity (Wildman–Crippen MR) is 75.9 cm³/mol. The van der Waals surface area contributed by atoms with E-state index in [2.05, 4.69) is 19.2 Å². The number of nitrogens with zero attached hydrogens (tertiary/aromatic N) is 1. The Morgan fingerprint density at radius 1 is 1.28 bits per heavy atom. The molecule has 2 aromatic heterocycles. The van der Waals surface area contributed by atoms with E-state index in [1.807, 2.05) is 36.5 Å². The monoisotopic (exact) mass is 256 g/mol. The minimum atomic E-state index is -0.653. The van der Waals surface area contributed by atoms with Gasteiger partial charge in [0.1, 0.15) is 6.10 Å². The highest BCUT2D eigenvalue weighted by Crippen LogP contribution is 2.28. The number of aromatic amines is 1. The zero-order chi connectivity index (χ0) is 12.5. The fourth-order valence-electron chi connectivity index (χ4n) is 2.10. The summed E-state index contributed by atoms with van der Waals surface area (Å²) in [4.78, 5) is 7.22. The number of benzene rings is 1. The Balaban J connectivity index is 2.12. The van der Waals surface area contributed by atoms with Crippen LogP contribution in [0.3, 0.4) is 0 Å². The number of hydrogen-bond donors (Lipinski definition) is 2. The minimum absolute atomic E-state index is 0.653. The van der Waals surface area contributed by atoms with E-state index < -0.39 is 6.10 Å². The van der Waals surface area contributed by atoms with Crippen molar-refractivity contribution in [2.45, 2.75) is 6.10 Å². The van der Waals surface area contributed by atoms with Gasteiger partial charge < -0.3 is 10.1 Å². The zero-order valence-electron chi connectivity index (χ0n) is 9.67. The lowest BCUT2D eigenvalue weighted by Crippen LogP contribution is -1.99. The van der Waals surface area contributed by atoms with Crippen molar-refractivity contribution in [3.8, 4) is 0 Å². The maximum Gasteiger partial charge on any atom is 0.108 e. The van der Waals surface area contributed by atoms with E-state index in [0.717, 1.165) is 27.3 Å². The average Bonchev–Trinajstić information content (AvgIpc) is 2.82. The van der Waals surface area contributed by atoms with Gasteiger partial charge in [-0.3, -0.25) is 4.98 Å². The summed E-state index contributed by atoms with van der Waals surface area (Å²) in [5, 5.41) is 12.5. The summed E-state index contributed by atoms with van der Waals surface area (Å²) >= 11 is 0. The molecule has 0 spiro atoms. The van der Waals surface area contributed by atoms with E-state index in [9.17, 15) is 5.11 Å². The van der Waals surface area contributed by atoms with E-state index in [4.69, 9.17) is 0 Å². The third-order valence-electron chi connectivity index (χ3n) is 3.03. The largest absolute Gasteiger partial charge is 0.384 e. The molecule has 2 atom stereocenters. The van der Waals surface area contributed by atoms with Crippen molar-refractivity contribution in [1.29, 1.82) is 0 Å². The van der Waals surface area contributed by atoms with E-state index >= 15 is 0 Å². The normalized spacial score (nSPS) is 12.8. The molecule has 0 aliphatic carbocycles. The second kappa shape index (κ2) is 4.52. The Morgan fingerprint density at radius 3 is 2.94 bits per heavy atom. The number of pyridine rings is 1. The molecule has 2 unspecified atom stereocenters. The number of aliphatic hydroxyl groups is 1. The molecule has 0 radical (unpaired) electrons. The van der Waals surface area contributed by atoms with Gasteiger partial charge in [0.15, 0.2) is 0 Å². The number of hydrogen-bond acceptors (Lipinski definition) is 2. The van der Waals surface area contributed by atoms with Crippen molar-refractivity contribution in [1.82, 2.24) is 9.97 Å². The average molecular weight is 256 g/mol. The molecular weight excluding hydrogens is 243 g/mol. The molecule has 2 heterocycles. The molecular formula is C14H13N2OP. The van der Waals surface area contributed by atoms with E-state index in [1.165, 1.54) is 0 Å². The summed E-state index contributed by atoms with van der Waals surface area (Å²) < 4.78 is 0. The van der Waals surface area contributed by atoms with Crippen LogP contribution >= 0.6 is 9.24 Å². The lowest BCUT2D eigenvalue weighted by Gasteiger charge is -2.09. The van der Waals surface area contributed by atoms with Gasteiger partial charge in [-0.1, -0.05) is 12.1 Å². The van der Waals surface area contributed by atoms with Crippen molar-refractivity contribution in [2.24, 2.45) is 0 Å². The van der Waals surface area contributed by atoms with Gasteiger partial charge in [-0.15, -0.1) is 9.24 Å². The summed E-state index contributed by atoms with van der Waals surface area (Å²) in [5.74, 6) is 0. The third-order valence-corrected chi connectivity index (χ3v) is 3.39. The number of aromatic nitrogens is 2. The SMILES string of the molecule is OC(c1cccnc1)c1c[nH]c2ccc(P)cc12. The van der Waals surface area contributed by atoms with Gasteiger partial charge in [0.25, 0.3) is 0 Å². The minimum Gasteiger partial charge on any atom is -0.384 e. The second-order valence-corrected chi connectivity index (χ2v) is 4.90. The zero-order valence-corrected chi connectivity index (χ0v) is 10.8. The van der Waals surface area contributed by atoms with E-state index in [1.54, 1.807) is 12.4 Å². The van der Waals surface area contributed by atoms with Gasteiger partial charge >= 0.3 is 0 Å². The van der Waals surface area contributed by atoms with Crippen molar-refractivity contribution in [3.63, 3.8) is 0 Å². The molecule has 0 aliphatic heterocycles. The Hall–Kier alpha value is -1.70. The Kier molecular flexibility index (Phi) is 2.86. The lowest BCUT2D eigenvalue weighted by atomic mass is 10.0. The van der Waals surface area contributed by atoms with Gasteiger partial charge in [-0.05, 0) is 23.5 Å². The third kappa shape index (κ3) is 1.92.